The van der Waals surface area contributed by atoms with Gasteiger partial charge in [-0.3, -0.25) is 5.32 Å². The number of carbonyl (C=O) groups excluding carboxylic acids is 2. The molecule has 0 spiro atoms. The molecule has 0 atom stereocenters. The van der Waals surface area contributed by atoms with Gasteiger partial charge in [-0.15, -0.1) is 0 Å². The van der Waals surface area contributed by atoms with E-state index in [1.807, 2.05) is 0 Å². The van der Waals surface area contributed by atoms with Gasteiger partial charge in [0, 0.05) is 11.6 Å². The SMILES string of the molecule is CC(C)(C)OC(=O)Nc1ccc2ccn(C(=O)OC(C)(C)C)c2c1F. The molecule has 0 fully saturated rings. The fourth-order valence-corrected chi connectivity index (χ4v) is 2.16. The Hall–Kier alpha value is -2.57. The molecule has 2 rings (SSSR count). The molecule has 1 aromatic carbocycles. The van der Waals surface area contributed by atoms with Crippen LogP contribution in [-0.4, -0.2) is 28.0 Å². The smallest absolute Gasteiger partial charge is 0.419 e. The van der Waals surface area contributed by atoms with E-state index < -0.39 is 29.2 Å². The van der Waals surface area contributed by atoms with Gasteiger partial charge in [0.05, 0.1) is 11.2 Å². The van der Waals surface area contributed by atoms with Gasteiger partial charge in [0.1, 0.15) is 11.2 Å². The molecule has 0 aliphatic carbocycles. The van der Waals surface area contributed by atoms with Crippen molar-refractivity contribution in [2.24, 2.45) is 0 Å². The largest absolute Gasteiger partial charge is 0.444 e. The van der Waals surface area contributed by atoms with E-state index in [4.69, 9.17) is 9.47 Å². The number of nitrogens with zero attached hydrogens (tertiary/aromatic N) is 1. The van der Waals surface area contributed by atoms with Gasteiger partial charge < -0.3 is 9.47 Å². The average molecular weight is 350 g/mol. The van der Waals surface area contributed by atoms with Gasteiger partial charge in [0.2, 0.25) is 0 Å². The number of halogens is 1. The van der Waals surface area contributed by atoms with E-state index in [1.165, 1.54) is 12.3 Å². The summed E-state index contributed by atoms with van der Waals surface area (Å²) in [4.78, 5) is 24.1. The summed E-state index contributed by atoms with van der Waals surface area (Å²) in [6, 6.07) is 4.62. The van der Waals surface area contributed by atoms with Gasteiger partial charge in [-0.25, -0.2) is 18.5 Å². The first-order chi connectivity index (χ1) is 11.4. The Labute approximate surface area is 145 Å². The molecule has 1 aromatic heterocycles. The molecular weight excluding hydrogens is 327 g/mol. The number of hydrogen-bond acceptors (Lipinski definition) is 4. The normalized spacial score (nSPS) is 12.1. The Morgan fingerprint density at radius 3 is 2.16 bits per heavy atom. The Morgan fingerprint density at radius 2 is 1.60 bits per heavy atom. The highest BCUT2D eigenvalue weighted by molar-refractivity contribution is 5.95. The molecule has 1 N–H and O–H groups in total. The molecule has 0 aliphatic rings. The Balaban J connectivity index is 2.36. The summed E-state index contributed by atoms with van der Waals surface area (Å²) < 4.78 is 26.3. The second-order valence-electron chi connectivity index (χ2n) is 7.66. The van der Waals surface area contributed by atoms with Crippen LogP contribution in [-0.2, 0) is 9.47 Å². The summed E-state index contributed by atoms with van der Waals surface area (Å²) >= 11 is 0. The Morgan fingerprint density at radius 1 is 1.00 bits per heavy atom. The van der Waals surface area contributed by atoms with Gasteiger partial charge in [-0.1, -0.05) is 6.07 Å². The Kier molecular flexibility index (Phi) is 4.79. The standard InChI is InChI=1S/C18H23FN2O4/c1-17(2,3)24-15(22)20-12-8-7-11-9-10-21(14(11)13(12)19)16(23)25-18(4,5)6/h7-10H,1-6H3,(H,20,22). The van der Waals surface area contributed by atoms with Crippen LogP contribution in [0.15, 0.2) is 24.4 Å². The van der Waals surface area contributed by atoms with E-state index >= 15 is 0 Å². The molecule has 1 amide bonds. The number of rotatable bonds is 1. The summed E-state index contributed by atoms with van der Waals surface area (Å²) in [5.41, 5.74) is -1.47. The average Bonchev–Trinajstić information content (AvgIpc) is 2.82. The van der Waals surface area contributed by atoms with Crippen LogP contribution in [0.3, 0.4) is 0 Å². The molecule has 7 heteroatoms. The van der Waals surface area contributed by atoms with Crippen LogP contribution in [0, 0.1) is 5.82 Å². The summed E-state index contributed by atoms with van der Waals surface area (Å²) in [5.74, 6) is -0.737. The van der Waals surface area contributed by atoms with Crippen molar-refractivity contribution in [1.29, 1.82) is 0 Å². The van der Waals surface area contributed by atoms with Gasteiger partial charge in [0.25, 0.3) is 0 Å². The zero-order valence-corrected chi connectivity index (χ0v) is 15.3. The lowest BCUT2D eigenvalue weighted by molar-refractivity contribution is 0.0542. The predicted molar refractivity (Wildman–Crippen MR) is 93.4 cm³/mol. The fraction of sp³-hybridized carbons (Fsp3) is 0.444. The number of ether oxygens (including phenoxy) is 2. The van der Waals surface area contributed by atoms with Crippen molar-refractivity contribution in [3.63, 3.8) is 0 Å². The number of benzene rings is 1. The van der Waals surface area contributed by atoms with Crippen LogP contribution in [0.2, 0.25) is 0 Å². The third kappa shape index (κ3) is 4.71. The van der Waals surface area contributed by atoms with Gasteiger partial charge in [0.15, 0.2) is 5.82 Å². The van der Waals surface area contributed by atoms with E-state index in [0.717, 1.165) is 4.57 Å². The molecule has 0 bridgehead atoms. The van der Waals surface area contributed by atoms with Crippen LogP contribution in [0.4, 0.5) is 19.7 Å². The maximum Gasteiger partial charge on any atom is 0.419 e. The minimum absolute atomic E-state index is 0.0304. The molecule has 0 radical (unpaired) electrons. The zero-order valence-electron chi connectivity index (χ0n) is 15.3. The lowest BCUT2D eigenvalue weighted by Gasteiger charge is -2.20. The van der Waals surface area contributed by atoms with Gasteiger partial charge in [-0.05, 0) is 53.7 Å². The van der Waals surface area contributed by atoms with Crippen molar-refractivity contribution in [1.82, 2.24) is 4.57 Å². The van der Waals surface area contributed by atoms with E-state index in [0.29, 0.717) is 5.39 Å². The van der Waals surface area contributed by atoms with Crippen LogP contribution in [0.1, 0.15) is 41.5 Å². The third-order valence-electron chi connectivity index (χ3n) is 3.02. The molecule has 1 heterocycles. The number of amides is 1. The molecule has 25 heavy (non-hydrogen) atoms. The zero-order chi connectivity index (χ0) is 19.0. The first-order valence-corrected chi connectivity index (χ1v) is 7.90. The number of anilines is 1. The van der Waals surface area contributed by atoms with Crippen molar-refractivity contribution in [2.75, 3.05) is 5.32 Å². The lowest BCUT2D eigenvalue weighted by Crippen LogP contribution is -2.28. The van der Waals surface area contributed by atoms with Gasteiger partial charge >= 0.3 is 12.2 Å². The lowest BCUT2D eigenvalue weighted by atomic mass is 10.2. The van der Waals surface area contributed by atoms with Crippen molar-refractivity contribution < 1.29 is 23.5 Å². The van der Waals surface area contributed by atoms with E-state index in [1.54, 1.807) is 53.7 Å². The summed E-state index contributed by atoms with van der Waals surface area (Å²) in [6.45, 7) is 10.3. The quantitative estimate of drug-likeness (QED) is 0.793. The van der Waals surface area contributed by atoms with Crippen LogP contribution in [0.25, 0.3) is 10.9 Å². The molecule has 0 saturated carbocycles. The van der Waals surface area contributed by atoms with Crippen molar-refractivity contribution in [3.8, 4) is 0 Å². The van der Waals surface area contributed by atoms with E-state index in [2.05, 4.69) is 5.32 Å². The minimum atomic E-state index is -0.777. The molecular formula is C18H23FN2O4. The highest BCUT2D eigenvalue weighted by Crippen LogP contribution is 2.27. The minimum Gasteiger partial charge on any atom is -0.444 e. The fourth-order valence-electron chi connectivity index (χ4n) is 2.16. The maximum atomic E-state index is 14.9. The second kappa shape index (κ2) is 6.38. The molecule has 136 valence electrons. The van der Waals surface area contributed by atoms with Crippen molar-refractivity contribution in [2.45, 2.75) is 52.7 Å². The van der Waals surface area contributed by atoms with Crippen molar-refractivity contribution in [3.05, 3.63) is 30.2 Å². The highest BCUT2D eigenvalue weighted by Gasteiger charge is 2.23. The number of aromatic nitrogens is 1. The molecule has 0 unspecified atom stereocenters. The first kappa shape index (κ1) is 18.8. The maximum absolute atomic E-state index is 14.9. The van der Waals surface area contributed by atoms with Crippen LogP contribution < -0.4 is 5.32 Å². The first-order valence-electron chi connectivity index (χ1n) is 7.90. The van der Waals surface area contributed by atoms with Crippen LogP contribution in [0.5, 0.6) is 0 Å². The van der Waals surface area contributed by atoms with Gasteiger partial charge in [-0.2, -0.15) is 0 Å². The highest BCUT2D eigenvalue weighted by atomic mass is 19.1. The predicted octanol–water partition coefficient (Wildman–Crippen LogP) is 4.91. The summed E-state index contributed by atoms with van der Waals surface area (Å²) in [6.07, 6.45) is -0.0454. The number of nitrogens with one attached hydrogen (secondary N) is 1. The molecule has 2 aromatic rings. The summed E-state index contributed by atoms with van der Waals surface area (Å²) in [5, 5.41) is 2.87. The molecule has 6 nitrogen and oxygen atoms in total. The number of hydrogen-bond donors (Lipinski definition) is 1. The number of carbonyl (C=O) groups is 2. The van der Waals surface area contributed by atoms with E-state index in [9.17, 15) is 14.0 Å². The number of fused-ring (bicyclic) bond motifs is 1. The molecule has 0 saturated heterocycles. The molecule has 0 aliphatic heterocycles. The van der Waals surface area contributed by atoms with Crippen LogP contribution >= 0.6 is 0 Å². The Bertz CT molecular complexity index is 813. The van der Waals surface area contributed by atoms with Crippen molar-refractivity contribution >= 4 is 28.8 Å². The monoisotopic (exact) mass is 350 g/mol. The third-order valence-corrected chi connectivity index (χ3v) is 3.02. The topological polar surface area (TPSA) is 69.6 Å². The summed E-state index contributed by atoms with van der Waals surface area (Å²) in [7, 11) is 0. The second-order valence-corrected chi connectivity index (χ2v) is 7.66. The van der Waals surface area contributed by atoms with E-state index in [-0.39, 0.29) is 11.2 Å².